The van der Waals surface area contributed by atoms with Gasteiger partial charge in [-0.15, -0.1) is 0 Å². The van der Waals surface area contributed by atoms with Gasteiger partial charge in [-0.3, -0.25) is 15.0 Å². The molecule has 1 saturated carbocycles. The first-order chi connectivity index (χ1) is 16.2. The predicted octanol–water partition coefficient (Wildman–Crippen LogP) is 3.57. The summed E-state index contributed by atoms with van der Waals surface area (Å²) in [7, 11) is 0. The van der Waals surface area contributed by atoms with Crippen LogP contribution in [0.1, 0.15) is 52.5 Å². The number of thioether (sulfide) groups is 1. The molecule has 4 rings (SSSR count). The van der Waals surface area contributed by atoms with Crippen LogP contribution >= 0.6 is 11.8 Å². The number of fused-ring (bicyclic) bond motifs is 3. The number of hydrazone groups is 1. The minimum absolute atomic E-state index is 0.0822. The largest absolute Gasteiger partial charge is 0.356 e. The van der Waals surface area contributed by atoms with E-state index < -0.39 is 0 Å². The Morgan fingerprint density at radius 2 is 2.06 bits per heavy atom. The van der Waals surface area contributed by atoms with Crippen molar-refractivity contribution in [1.82, 2.24) is 20.5 Å². The molecule has 0 radical (unpaired) electrons. The highest BCUT2D eigenvalue weighted by Gasteiger charge is 2.53. The van der Waals surface area contributed by atoms with Gasteiger partial charge >= 0.3 is 0 Å². The van der Waals surface area contributed by atoms with Crippen LogP contribution in [0.5, 0.6) is 0 Å². The molecule has 2 fully saturated rings. The van der Waals surface area contributed by atoms with Crippen LogP contribution in [0.2, 0.25) is 0 Å². The molecule has 0 bridgehead atoms. The number of halogens is 1. The molecule has 2 aliphatic heterocycles. The van der Waals surface area contributed by atoms with Gasteiger partial charge in [0.1, 0.15) is 5.82 Å². The molecule has 7 nitrogen and oxygen atoms in total. The zero-order chi connectivity index (χ0) is 24.4. The minimum atomic E-state index is -0.344. The van der Waals surface area contributed by atoms with E-state index in [9.17, 15) is 14.0 Å². The molecule has 1 aliphatic carbocycles. The van der Waals surface area contributed by atoms with Crippen LogP contribution in [0.25, 0.3) is 0 Å². The van der Waals surface area contributed by atoms with E-state index in [0.717, 1.165) is 17.2 Å². The fourth-order valence-corrected chi connectivity index (χ4v) is 6.09. The SMILES string of the molecule is CC(C)CNC(=O)C1CCC2C(=O)N(CC(C)C)C3NN=C(SCc4cccc(F)c4)N3C2C1. The van der Waals surface area contributed by atoms with Gasteiger partial charge in [0.2, 0.25) is 11.8 Å². The molecular formula is C25H36FN5O2S. The molecule has 0 aromatic heterocycles. The first kappa shape index (κ1) is 24.8. The number of nitrogens with zero attached hydrogens (tertiary/aromatic N) is 3. The van der Waals surface area contributed by atoms with Crippen LogP contribution < -0.4 is 10.7 Å². The van der Waals surface area contributed by atoms with Crippen molar-refractivity contribution in [1.29, 1.82) is 0 Å². The molecule has 34 heavy (non-hydrogen) atoms. The maximum atomic E-state index is 13.7. The summed E-state index contributed by atoms with van der Waals surface area (Å²) in [5, 5.41) is 8.47. The first-order valence-electron chi connectivity index (χ1n) is 12.3. The van der Waals surface area contributed by atoms with Crippen molar-refractivity contribution in [3.8, 4) is 0 Å². The Kier molecular flexibility index (Phi) is 7.70. The van der Waals surface area contributed by atoms with Gasteiger partial charge in [0.05, 0.1) is 5.92 Å². The Balaban J connectivity index is 1.54. The Hall–Kier alpha value is -2.29. The second-order valence-corrected chi connectivity index (χ2v) is 11.4. The lowest BCUT2D eigenvalue weighted by molar-refractivity contribution is -0.158. The smallest absolute Gasteiger partial charge is 0.230 e. The topological polar surface area (TPSA) is 77.0 Å². The van der Waals surface area contributed by atoms with E-state index in [1.807, 2.05) is 11.0 Å². The molecule has 4 atom stereocenters. The van der Waals surface area contributed by atoms with E-state index in [0.29, 0.717) is 43.5 Å². The minimum Gasteiger partial charge on any atom is -0.356 e. The molecule has 2 N–H and O–H groups in total. The third kappa shape index (κ3) is 5.34. The Morgan fingerprint density at radius 3 is 2.76 bits per heavy atom. The van der Waals surface area contributed by atoms with Crippen molar-refractivity contribution in [2.24, 2.45) is 28.8 Å². The highest BCUT2D eigenvalue weighted by molar-refractivity contribution is 8.13. The zero-order valence-corrected chi connectivity index (χ0v) is 21.3. The summed E-state index contributed by atoms with van der Waals surface area (Å²) in [6.45, 7) is 9.68. The maximum Gasteiger partial charge on any atom is 0.230 e. The number of carbonyl (C=O) groups is 2. The fourth-order valence-electron chi connectivity index (χ4n) is 5.11. The van der Waals surface area contributed by atoms with Crippen molar-refractivity contribution in [2.75, 3.05) is 13.1 Å². The fraction of sp³-hybridized carbons (Fsp3) is 0.640. The van der Waals surface area contributed by atoms with Crippen molar-refractivity contribution in [3.63, 3.8) is 0 Å². The summed E-state index contributed by atoms with van der Waals surface area (Å²) in [6.07, 6.45) is 1.71. The number of amides is 2. The molecule has 4 unspecified atom stereocenters. The summed E-state index contributed by atoms with van der Waals surface area (Å²) in [5.74, 6) is 1.02. The molecule has 0 spiro atoms. The molecule has 1 aromatic carbocycles. The number of nitrogens with one attached hydrogen (secondary N) is 2. The van der Waals surface area contributed by atoms with Gasteiger partial charge in [0.25, 0.3) is 0 Å². The van der Waals surface area contributed by atoms with Gasteiger partial charge in [-0.2, -0.15) is 5.10 Å². The van der Waals surface area contributed by atoms with Crippen LogP contribution in [0, 0.1) is 29.5 Å². The van der Waals surface area contributed by atoms with Crippen molar-refractivity contribution in [2.45, 2.75) is 65.0 Å². The lowest BCUT2D eigenvalue weighted by Crippen LogP contribution is -2.68. The molecule has 2 amide bonds. The lowest BCUT2D eigenvalue weighted by Gasteiger charge is -2.51. The maximum absolute atomic E-state index is 13.7. The second-order valence-electron chi connectivity index (χ2n) is 10.4. The van der Waals surface area contributed by atoms with Crippen molar-refractivity contribution in [3.05, 3.63) is 35.6 Å². The van der Waals surface area contributed by atoms with E-state index in [-0.39, 0.29) is 41.8 Å². The van der Waals surface area contributed by atoms with Crippen molar-refractivity contribution < 1.29 is 14.0 Å². The monoisotopic (exact) mass is 489 g/mol. The summed E-state index contributed by atoms with van der Waals surface area (Å²) in [6, 6.07) is 6.51. The van der Waals surface area contributed by atoms with Gasteiger partial charge < -0.3 is 15.1 Å². The number of amidine groups is 1. The van der Waals surface area contributed by atoms with Crippen LogP contribution in [0.3, 0.4) is 0 Å². The van der Waals surface area contributed by atoms with Gasteiger partial charge in [-0.05, 0) is 48.8 Å². The van der Waals surface area contributed by atoms with Gasteiger partial charge in [-0.25, -0.2) is 4.39 Å². The highest BCUT2D eigenvalue weighted by atomic mass is 32.2. The third-order valence-corrected chi connectivity index (χ3v) is 7.74. The van der Waals surface area contributed by atoms with Crippen molar-refractivity contribution >= 4 is 28.7 Å². The summed E-state index contributed by atoms with van der Waals surface area (Å²) >= 11 is 1.54. The van der Waals surface area contributed by atoms with Crippen LogP contribution in [0.15, 0.2) is 29.4 Å². The number of carbonyl (C=O) groups excluding carboxylic acids is 2. The molecule has 186 valence electrons. The van der Waals surface area contributed by atoms with E-state index >= 15 is 0 Å². The van der Waals surface area contributed by atoms with Gasteiger partial charge in [0.15, 0.2) is 11.5 Å². The predicted molar refractivity (Wildman–Crippen MR) is 133 cm³/mol. The Bertz CT molecular complexity index is 940. The number of benzene rings is 1. The third-order valence-electron chi connectivity index (χ3n) is 6.70. The van der Waals surface area contributed by atoms with Crippen LogP contribution in [-0.2, 0) is 15.3 Å². The number of hydrogen-bond donors (Lipinski definition) is 2. The summed E-state index contributed by atoms with van der Waals surface area (Å²) in [4.78, 5) is 30.5. The average molecular weight is 490 g/mol. The molecular weight excluding hydrogens is 453 g/mol. The molecule has 3 aliphatic rings. The Labute approximate surface area is 205 Å². The van der Waals surface area contributed by atoms with E-state index in [1.165, 1.54) is 12.1 Å². The highest BCUT2D eigenvalue weighted by Crippen LogP contribution is 2.41. The molecule has 1 saturated heterocycles. The molecule has 9 heteroatoms. The summed E-state index contributed by atoms with van der Waals surface area (Å²) in [5.41, 5.74) is 4.07. The van der Waals surface area contributed by atoms with Crippen LogP contribution in [-0.4, -0.2) is 52.2 Å². The standard InChI is InChI=1S/C25H36FN5O2S/c1-15(2)12-27-22(32)18-8-9-20-21(11-18)31-24(30(23(20)33)13-16(3)4)28-29-25(31)34-14-17-6-5-7-19(26)10-17/h5-7,10,15-16,18,20-21,24,28H,8-9,11-14H2,1-4H3,(H,27,32). The van der Waals surface area contributed by atoms with Gasteiger partial charge in [0, 0.05) is 30.8 Å². The van der Waals surface area contributed by atoms with Crippen LogP contribution in [0.4, 0.5) is 4.39 Å². The molecule has 2 heterocycles. The second kappa shape index (κ2) is 10.5. The zero-order valence-electron chi connectivity index (χ0n) is 20.5. The average Bonchev–Trinajstić information content (AvgIpc) is 3.22. The summed E-state index contributed by atoms with van der Waals surface area (Å²) < 4.78 is 13.7. The molecule has 1 aromatic rings. The van der Waals surface area contributed by atoms with Gasteiger partial charge in [-0.1, -0.05) is 51.6 Å². The quantitative estimate of drug-likeness (QED) is 0.612. The van der Waals surface area contributed by atoms with E-state index in [4.69, 9.17) is 0 Å². The Morgan fingerprint density at radius 1 is 1.26 bits per heavy atom. The lowest BCUT2D eigenvalue weighted by atomic mass is 9.75. The normalized spacial score (nSPS) is 26.3. The van der Waals surface area contributed by atoms with E-state index in [2.05, 4.69) is 48.4 Å². The number of rotatable bonds is 7. The number of hydrogen-bond acceptors (Lipinski definition) is 6. The first-order valence-corrected chi connectivity index (χ1v) is 13.3. The van der Waals surface area contributed by atoms with E-state index in [1.54, 1.807) is 17.8 Å².